The third kappa shape index (κ3) is 2.95. The van der Waals surface area contributed by atoms with Gasteiger partial charge in [0.25, 0.3) is 11.5 Å². The van der Waals surface area contributed by atoms with Crippen LogP contribution in [0, 0.1) is 0 Å². The topological polar surface area (TPSA) is 61.4 Å². The Morgan fingerprint density at radius 3 is 2.03 bits per heavy atom. The summed E-state index contributed by atoms with van der Waals surface area (Å²) in [5.74, 6) is -2.31. The van der Waals surface area contributed by atoms with Gasteiger partial charge in [0.1, 0.15) is 0 Å². The number of fused-ring (bicyclic) bond motifs is 4. The number of carbonyl (C=O) groups excluding carboxylic acids is 1. The predicted molar refractivity (Wildman–Crippen MR) is 97.6 cm³/mol. The minimum Gasteiger partial charge on any atom is -0.360 e. The highest BCUT2D eigenvalue weighted by Gasteiger charge is 2.58. The monoisotopic (exact) mass is 426 g/mol. The molecule has 3 aromatic rings. The molecule has 4 nitrogen and oxygen atoms in total. The molecule has 0 saturated carbocycles. The van der Waals surface area contributed by atoms with Crippen molar-refractivity contribution in [3.63, 3.8) is 0 Å². The molecule has 0 radical (unpaired) electrons. The number of Topliss-reactive ketones (excluding diaryl/α,β-unsaturated/α-hetero) is 1. The number of nitrogens with one attached hydrogen (secondary N) is 2. The fraction of sp³-hybridized carbons (Fsp3) is 0.150. The zero-order valence-corrected chi connectivity index (χ0v) is 14.8. The van der Waals surface area contributed by atoms with Gasteiger partial charge in [0.05, 0.1) is 17.1 Å². The zero-order chi connectivity index (χ0) is 21.9. The first-order chi connectivity index (χ1) is 13.9. The molecule has 3 N–H and O–H groups in total. The fourth-order valence-corrected chi connectivity index (χ4v) is 3.46. The summed E-state index contributed by atoms with van der Waals surface area (Å²) in [7, 11) is 0. The molecular weight excluding hydrogens is 414 g/mol. The number of para-hydroxylation sites is 2. The van der Waals surface area contributed by atoms with Crippen LogP contribution in [0.2, 0.25) is 0 Å². The normalized spacial score (nSPS) is 18.6. The number of alkyl halides is 6. The zero-order valence-electron chi connectivity index (χ0n) is 14.8. The Labute approximate surface area is 165 Å². The van der Waals surface area contributed by atoms with Gasteiger partial charge in [-0.05, 0) is 23.6 Å². The summed E-state index contributed by atoms with van der Waals surface area (Å²) in [4.78, 5) is 12.0. The minimum atomic E-state index is -5.33. The number of aliphatic hydroxyl groups is 1. The maximum Gasteiger partial charge on any atom is 0.454 e. The first-order valence-corrected chi connectivity index (χ1v) is 8.54. The molecule has 156 valence electrons. The number of rotatable bonds is 1. The summed E-state index contributed by atoms with van der Waals surface area (Å²) in [5.41, 5.74) is -5.92. The molecule has 0 saturated heterocycles. The Morgan fingerprint density at radius 2 is 1.43 bits per heavy atom. The average molecular weight is 426 g/mol. The van der Waals surface area contributed by atoms with Crippen LogP contribution < -0.4 is 10.6 Å². The van der Waals surface area contributed by atoms with Crippen LogP contribution in [0.15, 0.2) is 54.6 Å². The van der Waals surface area contributed by atoms with Crippen LogP contribution in [0.5, 0.6) is 0 Å². The Kier molecular flexibility index (Phi) is 4.25. The quantitative estimate of drug-likeness (QED) is 0.357. The smallest absolute Gasteiger partial charge is 0.360 e. The van der Waals surface area contributed by atoms with Gasteiger partial charge in [-0.25, -0.2) is 0 Å². The van der Waals surface area contributed by atoms with Gasteiger partial charge in [-0.1, -0.05) is 36.4 Å². The fourth-order valence-electron chi connectivity index (χ4n) is 3.46. The van der Waals surface area contributed by atoms with Crippen molar-refractivity contribution in [2.24, 2.45) is 0 Å². The number of hydrogen-bond acceptors (Lipinski definition) is 4. The number of hydrogen-bond donors (Lipinski definition) is 3. The van der Waals surface area contributed by atoms with E-state index in [4.69, 9.17) is 0 Å². The Bertz CT molecular complexity index is 1170. The van der Waals surface area contributed by atoms with Crippen LogP contribution >= 0.6 is 0 Å². The van der Waals surface area contributed by atoms with Crippen molar-refractivity contribution in [1.29, 1.82) is 0 Å². The van der Waals surface area contributed by atoms with Crippen LogP contribution in [0.4, 0.5) is 43.4 Å². The molecule has 1 heterocycles. The summed E-state index contributed by atoms with van der Waals surface area (Å²) in [6, 6.07) is 11.4. The lowest BCUT2D eigenvalue weighted by molar-refractivity contribution is -0.253. The van der Waals surface area contributed by atoms with Gasteiger partial charge in [0.15, 0.2) is 0 Å². The molecule has 1 aliphatic heterocycles. The van der Waals surface area contributed by atoms with Gasteiger partial charge in [-0.2, -0.15) is 26.3 Å². The molecular formula is C20H12F6N2O2. The van der Waals surface area contributed by atoms with E-state index in [0.717, 1.165) is 0 Å². The van der Waals surface area contributed by atoms with E-state index in [0.29, 0.717) is 6.07 Å². The lowest BCUT2D eigenvalue weighted by Crippen LogP contribution is -2.49. The largest absolute Gasteiger partial charge is 0.454 e. The van der Waals surface area contributed by atoms with Crippen LogP contribution in [-0.4, -0.2) is 23.2 Å². The lowest BCUT2D eigenvalue weighted by Gasteiger charge is -2.32. The van der Waals surface area contributed by atoms with Gasteiger partial charge >= 0.3 is 12.4 Å². The highest BCUT2D eigenvalue weighted by atomic mass is 19.4. The van der Waals surface area contributed by atoms with E-state index in [1.807, 2.05) is 5.32 Å². The van der Waals surface area contributed by atoms with Crippen LogP contribution in [0.3, 0.4) is 0 Å². The molecule has 1 atom stereocenters. The first kappa shape index (κ1) is 20.0. The van der Waals surface area contributed by atoms with Crippen LogP contribution in [-0.2, 0) is 5.72 Å². The van der Waals surface area contributed by atoms with Crippen LogP contribution in [0.1, 0.15) is 15.9 Å². The highest BCUT2D eigenvalue weighted by Crippen LogP contribution is 2.49. The van der Waals surface area contributed by atoms with E-state index in [2.05, 4.69) is 5.32 Å². The van der Waals surface area contributed by atoms with E-state index in [-0.39, 0.29) is 27.8 Å². The van der Waals surface area contributed by atoms with E-state index in [9.17, 15) is 36.2 Å². The molecule has 0 fully saturated rings. The lowest BCUT2D eigenvalue weighted by atomic mass is 9.90. The summed E-state index contributed by atoms with van der Waals surface area (Å²) >= 11 is 0. The van der Waals surface area contributed by atoms with Crippen molar-refractivity contribution in [2.45, 2.75) is 18.1 Å². The summed E-state index contributed by atoms with van der Waals surface area (Å²) in [6.07, 6.45) is -10.6. The van der Waals surface area contributed by atoms with E-state index < -0.39 is 35.0 Å². The number of ketones is 1. The molecule has 1 unspecified atom stereocenters. The molecule has 0 spiro atoms. The van der Waals surface area contributed by atoms with E-state index in [1.54, 1.807) is 0 Å². The predicted octanol–water partition coefficient (Wildman–Crippen LogP) is 5.46. The first-order valence-electron chi connectivity index (χ1n) is 8.54. The molecule has 0 bridgehead atoms. The molecule has 3 aromatic carbocycles. The number of benzene rings is 3. The van der Waals surface area contributed by atoms with Crippen molar-refractivity contribution < 1.29 is 36.2 Å². The molecule has 0 amide bonds. The maximum atomic E-state index is 14.0. The Hall–Kier alpha value is -3.27. The van der Waals surface area contributed by atoms with Gasteiger partial charge in [0.2, 0.25) is 0 Å². The van der Waals surface area contributed by atoms with Gasteiger partial charge in [-0.15, -0.1) is 0 Å². The number of anilines is 3. The van der Waals surface area contributed by atoms with Crippen molar-refractivity contribution in [1.82, 2.24) is 0 Å². The van der Waals surface area contributed by atoms with E-state index >= 15 is 0 Å². The summed E-state index contributed by atoms with van der Waals surface area (Å²) in [5, 5.41) is 15.1. The number of halogens is 6. The molecule has 0 aromatic heterocycles. The maximum absolute atomic E-state index is 14.0. The van der Waals surface area contributed by atoms with Gasteiger partial charge < -0.3 is 15.7 Å². The van der Waals surface area contributed by atoms with Crippen molar-refractivity contribution >= 4 is 33.6 Å². The van der Waals surface area contributed by atoms with E-state index in [1.165, 1.54) is 48.5 Å². The van der Waals surface area contributed by atoms with Crippen LogP contribution in [0.25, 0.3) is 10.8 Å². The molecule has 1 aliphatic rings. The number of carbonyl (C=O) groups is 1. The van der Waals surface area contributed by atoms with Crippen molar-refractivity contribution in [3.05, 3.63) is 65.7 Å². The molecule has 0 aliphatic carbocycles. The Morgan fingerprint density at radius 1 is 0.867 bits per heavy atom. The highest BCUT2D eigenvalue weighted by molar-refractivity contribution is 6.14. The third-order valence-corrected chi connectivity index (χ3v) is 4.85. The SMILES string of the molecule is O=C(c1cc2c(c3ccccc13)Nc1ccccc1NC2(O)C(F)(F)F)C(F)(F)F. The summed E-state index contributed by atoms with van der Waals surface area (Å²) in [6.45, 7) is 0. The minimum absolute atomic E-state index is 0.0798. The Balaban J connectivity index is 2.13. The van der Waals surface area contributed by atoms with Crippen molar-refractivity contribution in [2.75, 3.05) is 10.6 Å². The second-order valence-electron chi connectivity index (χ2n) is 6.72. The molecule has 10 heteroatoms. The van der Waals surface area contributed by atoms with Crippen molar-refractivity contribution in [3.8, 4) is 0 Å². The molecule has 4 rings (SSSR count). The molecule has 30 heavy (non-hydrogen) atoms. The van der Waals surface area contributed by atoms with Gasteiger partial charge in [-0.3, -0.25) is 4.79 Å². The second kappa shape index (κ2) is 6.36. The third-order valence-electron chi connectivity index (χ3n) is 4.85. The second-order valence-corrected chi connectivity index (χ2v) is 6.72. The van der Waals surface area contributed by atoms with Gasteiger partial charge in [0, 0.05) is 16.5 Å². The summed E-state index contributed by atoms with van der Waals surface area (Å²) < 4.78 is 81.4. The average Bonchev–Trinajstić information content (AvgIpc) is 2.80. The standard InChI is InChI=1S/C20H12F6N2O2/c21-19(22,23)17(29)12-9-13-16(11-6-2-1-5-10(11)12)27-14-7-3-4-8-15(14)28-18(13,30)20(24,25)26/h1-9,27-28,30H.